The molecular formula is C17H13BrClF3N4O. The molecule has 0 radical (unpaired) electrons. The van der Waals surface area contributed by atoms with Crippen LogP contribution in [0.2, 0.25) is 5.15 Å². The van der Waals surface area contributed by atoms with Gasteiger partial charge in [-0.3, -0.25) is 0 Å². The first-order valence-corrected chi connectivity index (χ1v) is 8.87. The van der Waals surface area contributed by atoms with Gasteiger partial charge in [-0.2, -0.15) is 23.3 Å². The highest BCUT2D eigenvalue weighted by atomic mass is 79.9. The molecule has 3 rings (SSSR count). The van der Waals surface area contributed by atoms with Crippen molar-refractivity contribution in [1.29, 1.82) is 0 Å². The summed E-state index contributed by atoms with van der Waals surface area (Å²) in [6, 6.07) is 7.23. The average molecular weight is 462 g/mol. The van der Waals surface area contributed by atoms with Gasteiger partial charge in [0.15, 0.2) is 0 Å². The Hall–Kier alpha value is -2.13. The van der Waals surface area contributed by atoms with Gasteiger partial charge in [0.1, 0.15) is 11.0 Å². The van der Waals surface area contributed by atoms with Crippen LogP contribution in [0.3, 0.4) is 0 Å². The van der Waals surface area contributed by atoms with Crippen molar-refractivity contribution in [1.82, 2.24) is 19.7 Å². The lowest BCUT2D eigenvalue weighted by atomic mass is 10.1. The lowest BCUT2D eigenvalue weighted by Crippen LogP contribution is -2.28. The minimum Gasteiger partial charge on any atom is -0.459 e. The minimum atomic E-state index is -4.70. The normalized spacial score (nSPS) is 12.9. The zero-order chi connectivity index (χ0) is 19.8. The van der Waals surface area contributed by atoms with Gasteiger partial charge in [-0.05, 0) is 32.0 Å². The van der Waals surface area contributed by atoms with Gasteiger partial charge < -0.3 is 4.74 Å². The zero-order valence-corrected chi connectivity index (χ0v) is 16.5. The van der Waals surface area contributed by atoms with E-state index in [2.05, 4.69) is 31.0 Å². The quantitative estimate of drug-likeness (QED) is 0.490. The van der Waals surface area contributed by atoms with Crippen LogP contribution < -0.4 is 4.74 Å². The predicted molar refractivity (Wildman–Crippen MR) is 97.2 cm³/mol. The summed E-state index contributed by atoms with van der Waals surface area (Å²) in [5, 5.41) is 4.21. The van der Waals surface area contributed by atoms with E-state index >= 15 is 0 Å². The number of aryl methyl sites for hydroxylation is 2. The molecule has 0 aliphatic carbocycles. The summed E-state index contributed by atoms with van der Waals surface area (Å²) in [5.74, 6) is -0.0579. The number of hydrogen-bond donors (Lipinski definition) is 0. The highest BCUT2D eigenvalue weighted by molar-refractivity contribution is 9.10. The molecule has 3 aromatic rings. The second-order valence-electron chi connectivity index (χ2n) is 5.72. The van der Waals surface area contributed by atoms with Crippen LogP contribution in [-0.2, 0) is 0 Å². The fourth-order valence-electron chi connectivity index (χ4n) is 2.48. The lowest BCUT2D eigenvalue weighted by molar-refractivity contribution is -0.198. The molecule has 5 nitrogen and oxygen atoms in total. The Morgan fingerprint density at radius 1 is 1.15 bits per heavy atom. The number of alkyl halides is 3. The fourth-order valence-corrected chi connectivity index (χ4v) is 3.04. The first-order valence-electron chi connectivity index (χ1n) is 7.70. The molecule has 2 aromatic heterocycles. The summed E-state index contributed by atoms with van der Waals surface area (Å²) in [6.07, 6.45) is -5.38. The van der Waals surface area contributed by atoms with E-state index in [9.17, 15) is 13.2 Å². The van der Waals surface area contributed by atoms with Gasteiger partial charge in [-0.15, -0.1) is 0 Å². The van der Waals surface area contributed by atoms with Gasteiger partial charge >= 0.3 is 6.18 Å². The molecule has 0 amide bonds. The average Bonchev–Trinajstić information content (AvgIpc) is 2.97. The van der Waals surface area contributed by atoms with Crippen LogP contribution in [0.5, 0.6) is 5.88 Å². The maximum atomic E-state index is 13.9. The number of hydrogen-bond acceptors (Lipinski definition) is 4. The molecule has 0 N–H and O–H groups in total. The molecular weight excluding hydrogens is 449 g/mol. The van der Waals surface area contributed by atoms with Crippen molar-refractivity contribution >= 4 is 27.5 Å². The fraction of sp³-hybridized carbons (Fsp3) is 0.235. The van der Waals surface area contributed by atoms with Crippen molar-refractivity contribution in [3.8, 4) is 11.6 Å². The maximum Gasteiger partial charge on any atom is 0.429 e. The van der Waals surface area contributed by atoms with Gasteiger partial charge in [-0.1, -0.05) is 33.6 Å². The van der Waals surface area contributed by atoms with Gasteiger partial charge in [-0.25, -0.2) is 9.67 Å². The third kappa shape index (κ3) is 4.59. The molecule has 0 saturated heterocycles. The molecule has 27 heavy (non-hydrogen) atoms. The predicted octanol–water partition coefficient (Wildman–Crippen LogP) is 5.38. The number of ether oxygens (including phenoxy) is 1. The SMILES string of the molecule is Cc1ccn(-c2cc(Br)ccc2C(Oc2cc(Cl)nc(C)n2)C(F)(F)F)n1. The highest BCUT2D eigenvalue weighted by Crippen LogP contribution is 2.39. The van der Waals surface area contributed by atoms with Gasteiger partial charge in [0.2, 0.25) is 12.0 Å². The first kappa shape index (κ1) is 19.6. The van der Waals surface area contributed by atoms with Crippen molar-refractivity contribution in [2.45, 2.75) is 26.1 Å². The van der Waals surface area contributed by atoms with Crippen molar-refractivity contribution in [3.05, 3.63) is 63.2 Å². The molecule has 0 fully saturated rings. The number of nitrogens with zero attached hydrogens (tertiary/aromatic N) is 4. The van der Waals surface area contributed by atoms with Gasteiger partial charge in [0.05, 0.1) is 11.4 Å². The Bertz CT molecular complexity index is 957. The van der Waals surface area contributed by atoms with E-state index in [1.807, 2.05) is 0 Å². The number of benzene rings is 1. The standard InChI is InChI=1S/C17H13BrClF3N4O/c1-9-5-6-26(25-9)13-7-11(18)3-4-12(13)16(17(20,21)22)27-15-8-14(19)23-10(2)24-15/h3-8,16H,1-2H3. The van der Waals surface area contributed by atoms with Crippen LogP contribution in [0.4, 0.5) is 13.2 Å². The Balaban J connectivity index is 2.11. The molecule has 1 aromatic carbocycles. The summed E-state index contributed by atoms with van der Waals surface area (Å²) >= 11 is 9.10. The van der Waals surface area contributed by atoms with Gasteiger partial charge in [0, 0.05) is 22.3 Å². The molecule has 1 atom stereocenters. The summed E-state index contributed by atoms with van der Waals surface area (Å²) < 4.78 is 48.8. The Morgan fingerprint density at radius 2 is 1.89 bits per heavy atom. The van der Waals surface area contributed by atoms with E-state index in [-0.39, 0.29) is 28.1 Å². The summed E-state index contributed by atoms with van der Waals surface area (Å²) in [5.41, 5.74) is 0.793. The number of rotatable bonds is 4. The van der Waals surface area contributed by atoms with E-state index in [1.165, 1.54) is 23.7 Å². The Labute approximate surface area is 166 Å². The van der Waals surface area contributed by atoms with Crippen LogP contribution in [0.1, 0.15) is 23.2 Å². The smallest absolute Gasteiger partial charge is 0.429 e. The first-order chi connectivity index (χ1) is 12.6. The van der Waals surface area contributed by atoms with E-state index in [1.54, 1.807) is 25.3 Å². The Morgan fingerprint density at radius 3 is 2.48 bits per heavy atom. The third-order valence-electron chi connectivity index (χ3n) is 3.56. The van der Waals surface area contributed by atoms with Crippen LogP contribution in [0, 0.1) is 13.8 Å². The minimum absolute atomic E-state index is 0.00263. The Kier molecular flexibility index (Phi) is 5.43. The van der Waals surface area contributed by atoms with Gasteiger partial charge in [0.25, 0.3) is 0 Å². The van der Waals surface area contributed by atoms with Crippen molar-refractivity contribution in [2.75, 3.05) is 0 Å². The van der Waals surface area contributed by atoms with Crippen LogP contribution >= 0.6 is 27.5 Å². The van der Waals surface area contributed by atoms with Crippen molar-refractivity contribution in [3.63, 3.8) is 0 Å². The second kappa shape index (κ2) is 7.47. The summed E-state index contributed by atoms with van der Waals surface area (Å²) in [6.45, 7) is 3.26. The van der Waals surface area contributed by atoms with E-state index in [4.69, 9.17) is 16.3 Å². The molecule has 10 heteroatoms. The van der Waals surface area contributed by atoms with E-state index < -0.39 is 12.3 Å². The monoisotopic (exact) mass is 460 g/mol. The van der Waals surface area contributed by atoms with Crippen LogP contribution in [0.15, 0.2) is 41.0 Å². The highest BCUT2D eigenvalue weighted by Gasteiger charge is 2.45. The van der Waals surface area contributed by atoms with Crippen LogP contribution in [-0.4, -0.2) is 25.9 Å². The molecule has 0 bridgehead atoms. The molecule has 0 aliphatic rings. The molecule has 0 saturated carbocycles. The zero-order valence-electron chi connectivity index (χ0n) is 14.1. The van der Waals surface area contributed by atoms with Crippen molar-refractivity contribution < 1.29 is 17.9 Å². The summed E-state index contributed by atoms with van der Waals surface area (Å²) in [4.78, 5) is 7.72. The van der Waals surface area contributed by atoms with E-state index in [0.717, 1.165) is 6.07 Å². The summed E-state index contributed by atoms with van der Waals surface area (Å²) in [7, 11) is 0. The molecule has 0 spiro atoms. The lowest BCUT2D eigenvalue weighted by Gasteiger charge is -2.24. The maximum absolute atomic E-state index is 13.9. The number of halogens is 5. The molecule has 0 aliphatic heterocycles. The third-order valence-corrected chi connectivity index (χ3v) is 4.25. The largest absolute Gasteiger partial charge is 0.459 e. The van der Waals surface area contributed by atoms with Crippen LogP contribution in [0.25, 0.3) is 5.69 Å². The number of aromatic nitrogens is 4. The van der Waals surface area contributed by atoms with E-state index in [0.29, 0.717) is 10.2 Å². The molecule has 2 heterocycles. The molecule has 142 valence electrons. The molecule has 1 unspecified atom stereocenters. The second-order valence-corrected chi connectivity index (χ2v) is 7.02. The van der Waals surface area contributed by atoms with Crippen molar-refractivity contribution in [2.24, 2.45) is 0 Å². The topological polar surface area (TPSA) is 52.8 Å².